The zero-order valence-electron chi connectivity index (χ0n) is 31.6. The molecule has 4 aromatic rings. The lowest BCUT2D eigenvalue weighted by Gasteiger charge is -2.43. The summed E-state index contributed by atoms with van der Waals surface area (Å²) in [6.07, 6.45) is -0.182. The molecule has 3 heterocycles. The number of unbranched alkanes of at least 4 members (excludes halogenated alkanes) is 1. The maximum absolute atomic E-state index is 17.4. The Morgan fingerprint density at radius 2 is 1.52 bits per heavy atom. The number of hydrogen-bond acceptors (Lipinski definition) is 10. The molecule has 2 aromatic heterocycles. The van der Waals surface area contributed by atoms with Crippen molar-refractivity contribution in [3.63, 3.8) is 0 Å². The Kier molecular flexibility index (Phi) is 12.0. The number of rotatable bonds is 10. The molecule has 1 aliphatic heterocycles. The Morgan fingerprint density at radius 1 is 0.875 bits per heavy atom. The molecule has 17 heteroatoms. The van der Waals surface area contributed by atoms with Gasteiger partial charge in [-0.25, -0.2) is 27.8 Å². The third-order valence-electron chi connectivity index (χ3n) is 8.19. The van der Waals surface area contributed by atoms with Crippen LogP contribution in [0, 0.1) is 23.5 Å². The predicted molar refractivity (Wildman–Crippen MR) is 193 cm³/mol. The Morgan fingerprint density at radius 3 is 2.18 bits per heavy atom. The first-order valence-electron chi connectivity index (χ1n) is 17.6. The van der Waals surface area contributed by atoms with Gasteiger partial charge in [0.2, 0.25) is 5.60 Å². The smallest absolute Gasteiger partial charge is 0.408 e. The molecule has 0 fully saturated rings. The summed E-state index contributed by atoms with van der Waals surface area (Å²) in [5.74, 6) is -1.14. The van der Waals surface area contributed by atoms with Gasteiger partial charge >= 0.3 is 24.1 Å². The molecule has 0 bridgehead atoms. The van der Waals surface area contributed by atoms with Crippen LogP contribution in [0.4, 0.5) is 27.2 Å². The van der Waals surface area contributed by atoms with Crippen molar-refractivity contribution >= 4 is 18.2 Å². The van der Waals surface area contributed by atoms with Crippen LogP contribution in [0.3, 0.4) is 0 Å². The Hall–Kier alpha value is -6.05. The molecule has 2 atom stereocenters. The molecule has 296 valence electrons. The largest absolute Gasteiger partial charge is 0.444 e. The first-order chi connectivity index (χ1) is 26.3. The fourth-order valence-electron chi connectivity index (χ4n) is 5.73. The van der Waals surface area contributed by atoms with Crippen LogP contribution in [0.5, 0.6) is 0 Å². The number of fused-ring (bicyclic) bond motifs is 3. The van der Waals surface area contributed by atoms with E-state index in [1.807, 2.05) is 0 Å². The average molecular weight is 780 g/mol. The number of amides is 2. The summed E-state index contributed by atoms with van der Waals surface area (Å²) < 4.78 is 80.3. The zero-order valence-corrected chi connectivity index (χ0v) is 31.6. The number of esters is 1. The fraction of sp³-hybridized carbons (Fsp3) is 0.410. The monoisotopic (exact) mass is 779 g/mol. The van der Waals surface area contributed by atoms with Gasteiger partial charge < -0.3 is 24.8 Å². The number of benzene rings is 2. The molecule has 1 aliphatic rings. The number of hydrogen-bond donors (Lipinski definition) is 2. The summed E-state index contributed by atoms with van der Waals surface area (Å²) in [6, 6.07) is 9.09. The minimum atomic E-state index is -4.16. The van der Waals surface area contributed by atoms with Gasteiger partial charge in [0.25, 0.3) is 0 Å². The van der Waals surface area contributed by atoms with Crippen molar-refractivity contribution < 1.29 is 46.2 Å². The highest BCUT2D eigenvalue weighted by Crippen LogP contribution is 2.53. The quantitative estimate of drug-likeness (QED) is 0.0595. The van der Waals surface area contributed by atoms with Crippen molar-refractivity contribution in [1.29, 1.82) is 0 Å². The van der Waals surface area contributed by atoms with Crippen LogP contribution in [0.1, 0.15) is 83.2 Å². The van der Waals surface area contributed by atoms with Crippen molar-refractivity contribution in [3.8, 4) is 23.2 Å². The predicted octanol–water partition coefficient (Wildman–Crippen LogP) is 6.55. The van der Waals surface area contributed by atoms with E-state index in [9.17, 15) is 23.2 Å². The van der Waals surface area contributed by atoms with E-state index in [1.165, 1.54) is 30.3 Å². The highest BCUT2D eigenvalue weighted by atomic mass is 19.3. The molecule has 0 saturated carbocycles. The van der Waals surface area contributed by atoms with E-state index >= 15 is 8.78 Å². The highest BCUT2D eigenvalue weighted by molar-refractivity contribution is 5.82. The molecule has 0 radical (unpaired) electrons. The van der Waals surface area contributed by atoms with Gasteiger partial charge in [-0.1, -0.05) is 17.9 Å². The summed E-state index contributed by atoms with van der Waals surface area (Å²) in [7, 11) is 0. The molecule has 2 unspecified atom stereocenters. The number of halogens is 4. The lowest BCUT2D eigenvalue weighted by molar-refractivity contribution is -0.233. The van der Waals surface area contributed by atoms with E-state index < -0.39 is 70.8 Å². The molecule has 2 N–H and O–H groups in total. The van der Waals surface area contributed by atoms with E-state index in [1.54, 1.807) is 41.5 Å². The fourth-order valence-corrected chi connectivity index (χ4v) is 5.73. The molecule has 0 aliphatic carbocycles. The second-order valence-corrected chi connectivity index (χ2v) is 15.0. The third kappa shape index (κ3) is 9.97. The number of alkyl carbamates (subject to hydrolysis) is 2. The second-order valence-electron chi connectivity index (χ2n) is 15.0. The molecule has 2 amide bonds. The van der Waals surface area contributed by atoms with Crippen LogP contribution >= 0.6 is 0 Å². The van der Waals surface area contributed by atoms with Gasteiger partial charge in [0.1, 0.15) is 34.6 Å². The van der Waals surface area contributed by atoms with Crippen LogP contribution in [0.15, 0.2) is 60.8 Å². The first-order valence-corrected chi connectivity index (χ1v) is 17.6. The van der Waals surface area contributed by atoms with Crippen LogP contribution in [-0.4, -0.2) is 67.1 Å². The first kappa shape index (κ1) is 41.1. The number of carbonyl (C=O) groups is 3. The average Bonchev–Trinajstić information content (AvgIpc) is 3.58. The number of alkyl halides is 2. The van der Waals surface area contributed by atoms with E-state index in [2.05, 4.69) is 43.0 Å². The second kappa shape index (κ2) is 16.4. The molecule has 13 nitrogen and oxygen atoms in total. The van der Waals surface area contributed by atoms with E-state index in [4.69, 9.17) is 14.2 Å². The summed E-state index contributed by atoms with van der Waals surface area (Å²) in [6.45, 7) is 9.24. The Balaban J connectivity index is 1.49. The number of nitrogens with zero attached hydrogens (tertiary/aromatic N) is 5. The zero-order chi connectivity index (χ0) is 40.9. The number of aromatic nitrogens is 5. The SMILES string of the molecule is CC(C)(C)OC(=O)NCCCCC(NC(=O)OC(C)(C)C)C(=O)OC1(C(F)(F)c2ccc(C#Cc3ccc(F)cc3)cn2)Cn2nnnc2-c2cc(F)ccc21. The lowest BCUT2D eigenvalue weighted by atomic mass is 9.79. The van der Waals surface area contributed by atoms with Crippen molar-refractivity contribution in [2.75, 3.05) is 6.54 Å². The van der Waals surface area contributed by atoms with Gasteiger partial charge in [-0.2, -0.15) is 8.78 Å². The van der Waals surface area contributed by atoms with E-state index in [-0.39, 0.29) is 41.9 Å². The van der Waals surface area contributed by atoms with Gasteiger partial charge in [-0.3, -0.25) is 4.98 Å². The molecule has 56 heavy (non-hydrogen) atoms. The maximum Gasteiger partial charge on any atom is 0.408 e. The lowest BCUT2D eigenvalue weighted by Crippen LogP contribution is -2.55. The molecule has 0 spiro atoms. The van der Waals surface area contributed by atoms with E-state index in [0.717, 1.165) is 35.1 Å². The molecule has 5 rings (SSSR count). The van der Waals surface area contributed by atoms with Crippen LogP contribution in [-0.2, 0) is 37.1 Å². The molecular weight excluding hydrogens is 738 g/mol. The Labute approximate surface area is 320 Å². The molecular formula is C39H41F4N7O6. The standard InChI is InChI=1S/C39H41F4N7O6/c1-36(2,3)55-34(52)44-20-8-7-9-30(46-35(53)56-37(4,5)6)33(51)54-38(23-50-32(47-48-49-50)28-21-27(41)17-18-29(28)38)39(42,43)31-19-14-25(22-45-31)11-10-24-12-15-26(40)16-13-24/h12-19,21-22,30H,7-9,20,23H2,1-6H3,(H,44,52)(H,46,53). The number of ether oxygens (including phenoxy) is 3. The summed E-state index contributed by atoms with van der Waals surface area (Å²) in [5.41, 5.74) is -5.25. The molecule has 0 saturated heterocycles. The van der Waals surface area contributed by atoms with Gasteiger partial charge in [0.05, 0.1) is 6.54 Å². The topological polar surface area (TPSA) is 159 Å². The van der Waals surface area contributed by atoms with Crippen molar-refractivity contribution in [2.24, 2.45) is 0 Å². The number of nitrogens with one attached hydrogen (secondary N) is 2. The number of carbonyl (C=O) groups excluding carboxylic acids is 3. The van der Waals surface area contributed by atoms with Gasteiger partial charge in [-0.15, -0.1) is 5.10 Å². The number of tetrazole rings is 1. The summed E-state index contributed by atoms with van der Waals surface area (Å²) in [5, 5.41) is 16.3. The van der Waals surface area contributed by atoms with Gasteiger partial charge in [-0.05, 0) is 120 Å². The molecule has 2 aromatic carbocycles. The van der Waals surface area contributed by atoms with Crippen LogP contribution in [0.25, 0.3) is 11.4 Å². The number of pyridine rings is 1. The van der Waals surface area contributed by atoms with Crippen molar-refractivity contribution in [2.45, 2.75) is 96.1 Å². The minimum absolute atomic E-state index is 0.0535. The Bertz CT molecular complexity index is 2120. The summed E-state index contributed by atoms with van der Waals surface area (Å²) in [4.78, 5) is 43.3. The van der Waals surface area contributed by atoms with E-state index in [0.29, 0.717) is 12.0 Å². The van der Waals surface area contributed by atoms with Crippen molar-refractivity contribution in [3.05, 3.63) is 94.8 Å². The minimum Gasteiger partial charge on any atom is -0.444 e. The normalized spacial score (nSPS) is 15.6. The van der Waals surface area contributed by atoms with Gasteiger partial charge in [0.15, 0.2) is 5.82 Å². The maximum atomic E-state index is 17.4. The highest BCUT2D eigenvalue weighted by Gasteiger charge is 2.64. The van der Waals surface area contributed by atoms with Crippen LogP contribution in [0.2, 0.25) is 0 Å². The van der Waals surface area contributed by atoms with Gasteiger partial charge in [0, 0.05) is 35.0 Å². The van der Waals surface area contributed by atoms with Crippen LogP contribution < -0.4 is 10.6 Å². The third-order valence-corrected chi connectivity index (χ3v) is 8.19. The van der Waals surface area contributed by atoms with Crippen molar-refractivity contribution in [1.82, 2.24) is 35.8 Å². The summed E-state index contributed by atoms with van der Waals surface area (Å²) >= 11 is 0.